The molecule has 0 aliphatic carbocycles. The van der Waals surface area contributed by atoms with Gasteiger partial charge in [-0.25, -0.2) is 0 Å². The first kappa shape index (κ1) is 17.5. The molecule has 0 radical (unpaired) electrons. The number of hydrogen-bond acceptors (Lipinski definition) is 6. The summed E-state index contributed by atoms with van der Waals surface area (Å²) in [6.45, 7) is 3.96. The maximum Gasteiger partial charge on any atom is 0.246 e. The van der Waals surface area contributed by atoms with E-state index >= 15 is 0 Å². The van der Waals surface area contributed by atoms with Crippen LogP contribution in [-0.4, -0.2) is 29.5 Å². The van der Waals surface area contributed by atoms with Crippen LogP contribution in [0.3, 0.4) is 0 Å². The van der Waals surface area contributed by atoms with Crippen LogP contribution in [0.25, 0.3) is 11.4 Å². The second kappa shape index (κ2) is 8.22. The van der Waals surface area contributed by atoms with E-state index in [1.165, 1.54) is 5.56 Å². The maximum absolute atomic E-state index is 6.04. The zero-order valence-electron chi connectivity index (χ0n) is 15.4. The molecule has 1 aliphatic heterocycles. The third-order valence-corrected chi connectivity index (χ3v) is 4.59. The number of rotatable bonds is 7. The molecule has 0 spiro atoms. The highest BCUT2D eigenvalue weighted by Crippen LogP contribution is 2.27. The molecule has 0 saturated carbocycles. The van der Waals surface area contributed by atoms with Crippen molar-refractivity contribution >= 4 is 5.69 Å². The fraction of sp³-hybridized carbons (Fsp3) is 0.333. The standard InChI is InChI=1S/C21H23N3O3/c1-2-15-7-9-16(10-8-15)21-23-20(27-24-21)13-22-18-5-3-4-6-19(18)26-17-11-12-25-14-17/h3-10,17,22H,2,11-14H2,1H3. The van der Waals surface area contributed by atoms with Crippen molar-refractivity contribution in [3.05, 3.63) is 60.0 Å². The summed E-state index contributed by atoms with van der Waals surface area (Å²) in [4.78, 5) is 4.48. The lowest BCUT2D eigenvalue weighted by Crippen LogP contribution is -2.16. The van der Waals surface area contributed by atoms with Crippen molar-refractivity contribution in [2.24, 2.45) is 0 Å². The van der Waals surface area contributed by atoms with Gasteiger partial charge in [0.25, 0.3) is 0 Å². The molecule has 6 nitrogen and oxygen atoms in total. The van der Waals surface area contributed by atoms with Crippen LogP contribution in [0.4, 0.5) is 5.69 Å². The van der Waals surface area contributed by atoms with Crippen LogP contribution in [0.2, 0.25) is 0 Å². The quantitative estimate of drug-likeness (QED) is 0.680. The van der Waals surface area contributed by atoms with Gasteiger partial charge in [0.2, 0.25) is 11.7 Å². The molecule has 2 aromatic carbocycles. The van der Waals surface area contributed by atoms with Gasteiger partial charge >= 0.3 is 0 Å². The molecule has 0 bridgehead atoms. The van der Waals surface area contributed by atoms with Crippen LogP contribution < -0.4 is 10.1 Å². The van der Waals surface area contributed by atoms with E-state index in [2.05, 4.69) is 34.5 Å². The van der Waals surface area contributed by atoms with Crippen molar-refractivity contribution < 1.29 is 14.0 Å². The zero-order valence-corrected chi connectivity index (χ0v) is 15.4. The number of para-hydroxylation sites is 2. The van der Waals surface area contributed by atoms with Crippen LogP contribution >= 0.6 is 0 Å². The molecule has 0 amide bonds. The van der Waals surface area contributed by atoms with Crippen molar-refractivity contribution in [2.45, 2.75) is 32.4 Å². The lowest BCUT2D eigenvalue weighted by Gasteiger charge is -2.15. The lowest BCUT2D eigenvalue weighted by atomic mass is 10.1. The van der Waals surface area contributed by atoms with Crippen LogP contribution in [0, 0.1) is 0 Å². The van der Waals surface area contributed by atoms with E-state index in [4.69, 9.17) is 14.0 Å². The van der Waals surface area contributed by atoms with Gasteiger partial charge in [0.15, 0.2) is 0 Å². The molecule has 4 rings (SSSR count). The number of nitrogens with zero attached hydrogens (tertiary/aromatic N) is 2. The number of benzene rings is 2. The number of nitrogens with one attached hydrogen (secondary N) is 1. The normalized spacial score (nSPS) is 16.4. The summed E-state index contributed by atoms with van der Waals surface area (Å²) >= 11 is 0. The van der Waals surface area contributed by atoms with E-state index in [1.54, 1.807) is 0 Å². The van der Waals surface area contributed by atoms with Gasteiger partial charge < -0.3 is 19.3 Å². The predicted octanol–water partition coefficient (Wildman–Crippen LogP) is 4.08. The lowest BCUT2D eigenvalue weighted by molar-refractivity contribution is 0.142. The van der Waals surface area contributed by atoms with E-state index in [0.717, 1.165) is 36.4 Å². The highest BCUT2D eigenvalue weighted by molar-refractivity contribution is 5.57. The summed E-state index contributed by atoms with van der Waals surface area (Å²) in [6, 6.07) is 16.1. The van der Waals surface area contributed by atoms with Crippen LogP contribution in [0.5, 0.6) is 5.75 Å². The Morgan fingerprint density at radius 3 is 2.78 bits per heavy atom. The van der Waals surface area contributed by atoms with Gasteiger partial charge in [-0.3, -0.25) is 0 Å². The fourth-order valence-electron chi connectivity index (χ4n) is 3.01. The molecule has 1 aliphatic rings. The van der Waals surface area contributed by atoms with Gasteiger partial charge in [0.1, 0.15) is 11.9 Å². The van der Waals surface area contributed by atoms with Crippen LogP contribution in [-0.2, 0) is 17.7 Å². The number of anilines is 1. The Balaban J connectivity index is 1.41. The number of aromatic nitrogens is 2. The van der Waals surface area contributed by atoms with Crippen molar-refractivity contribution in [3.8, 4) is 17.1 Å². The smallest absolute Gasteiger partial charge is 0.246 e. The van der Waals surface area contributed by atoms with Gasteiger partial charge in [0.05, 0.1) is 25.4 Å². The Labute approximate surface area is 158 Å². The average Bonchev–Trinajstić information content (AvgIpc) is 3.39. The van der Waals surface area contributed by atoms with Crippen LogP contribution in [0.15, 0.2) is 53.1 Å². The summed E-state index contributed by atoms with van der Waals surface area (Å²) in [5, 5.41) is 7.41. The number of ether oxygens (including phenoxy) is 2. The zero-order chi connectivity index (χ0) is 18.5. The maximum atomic E-state index is 6.04. The summed E-state index contributed by atoms with van der Waals surface area (Å²) in [7, 11) is 0. The van der Waals surface area contributed by atoms with Crippen molar-refractivity contribution in [3.63, 3.8) is 0 Å². The van der Waals surface area contributed by atoms with Gasteiger partial charge in [-0.15, -0.1) is 0 Å². The molecule has 1 atom stereocenters. The Morgan fingerprint density at radius 2 is 2.00 bits per heavy atom. The van der Waals surface area contributed by atoms with E-state index in [-0.39, 0.29) is 6.10 Å². The van der Waals surface area contributed by atoms with E-state index in [1.807, 2.05) is 36.4 Å². The summed E-state index contributed by atoms with van der Waals surface area (Å²) in [5.41, 5.74) is 3.14. The molecular formula is C21H23N3O3. The molecule has 1 saturated heterocycles. The minimum absolute atomic E-state index is 0.106. The third kappa shape index (κ3) is 4.28. The minimum atomic E-state index is 0.106. The van der Waals surface area contributed by atoms with Gasteiger partial charge in [0, 0.05) is 12.0 Å². The molecule has 1 aromatic heterocycles. The first-order valence-electron chi connectivity index (χ1n) is 9.31. The molecule has 3 aromatic rings. The second-order valence-corrected chi connectivity index (χ2v) is 6.52. The van der Waals surface area contributed by atoms with E-state index in [0.29, 0.717) is 24.9 Å². The van der Waals surface area contributed by atoms with Gasteiger partial charge in [-0.05, 0) is 24.1 Å². The molecule has 1 unspecified atom stereocenters. The Hall–Kier alpha value is -2.86. The second-order valence-electron chi connectivity index (χ2n) is 6.52. The van der Waals surface area contributed by atoms with Crippen molar-refractivity contribution in [1.29, 1.82) is 0 Å². The van der Waals surface area contributed by atoms with Crippen molar-refractivity contribution in [2.75, 3.05) is 18.5 Å². The Bertz CT molecular complexity index is 870. The summed E-state index contributed by atoms with van der Waals surface area (Å²) < 4.78 is 16.8. The monoisotopic (exact) mass is 365 g/mol. The molecule has 1 N–H and O–H groups in total. The van der Waals surface area contributed by atoms with E-state index < -0.39 is 0 Å². The average molecular weight is 365 g/mol. The summed E-state index contributed by atoms with van der Waals surface area (Å²) in [5.74, 6) is 1.94. The Kier molecular flexibility index (Phi) is 5.34. The minimum Gasteiger partial charge on any atom is -0.486 e. The first-order valence-corrected chi connectivity index (χ1v) is 9.31. The highest BCUT2D eigenvalue weighted by atomic mass is 16.5. The topological polar surface area (TPSA) is 69.4 Å². The molecule has 27 heavy (non-hydrogen) atoms. The van der Waals surface area contributed by atoms with Gasteiger partial charge in [-0.1, -0.05) is 48.5 Å². The number of aryl methyl sites for hydroxylation is 1. The summed E-state index contributed by atoms with van der Waals surface area (Å²) in [6.07, 6.45) is 2.03. The Morgan fingerprint density at radius 1 is 1.15 bits per heavy atom. The van der Waals surface area contributed by atoms with E-state index in [9.17, 15) is 0 Å². The highest BCUT2D eigenvalue weighted by Gasteiger charge is 2.18. The third-order valence-electron chi connectivity index (χ3n) is 4.59. The number of hydrogen-bond donors (Lipinski definition) is 1. The molecular weight excluding hydrogens is 342 g/mol. The fourth-order valence-corrected chi connectivity index (χ4v) is 3.01. The molecule has 140 valence electrons. The SMILES string of the molecule is CCc1ccc(-c2noc(CNc3ccccc3OC3CCOC3)n2)cc1. The molecule has 2 heterocycles. The van der Waals surface area contributed by atoms with Gasteiger partial charge in [-0.2, -0.15) is 4.98 Å². The molecule has 1 fully saturated rings. The predicted molar refractivity (Wildman–Crippen MR) is 103 cm³/mol. The van der Waals surface area contributed by atoms with Crippen LogP contribution in [0.1, 0.15) is 24.8 Å². The van der Waals surface area contributed by atoms with Crippen molar-refractivity contribution in [1.82, 2.24) is 10.1 Å². The first-order chi connectivity index (χ1) is 13.3. The largest absolute Gasteiger partial charge is 0.486 e. The molecule has 6 heteroatoms.